The number of anilines is 2. The Labute approximate surface area is 104 Å². The van der Waals surface area contributed by atoms with Gasteiger partial charge in [0.2, 0.25) is 0 Å². The molecule has 1 aliphatic rings. The number of nitrogen functional groups attached to an aromatic ring is 1. The van der Waals surface area contributed by atoms with Gasteiger partial charge in [-0.1, -0.05) is 6.07 Å². The van der Waals surface area contributed by atoms with Crippen LogP contribution in [0.3, 0.4) is 0 Å². The molecule has 1 aromatic carbocycles. The Morgan fingerprint density at radius 1 is 1.41 bits per heavy atom. The van der Waals surface area contributed by atoms with Gasteiger partial charge in [-0.15, -0.1) is 0 Å². The van der Waals surface area contributed by atoms with Gasteiger partial charge < -0.3 is 15.4 Å². The van der Waals surface area contributed by atoms with Crippen LogP contribution in [-0.2, 0) is 11.2 Å². The zero-order valence-corrected chi connectivity index (χ0v) is 11.0. The third-order valence-corrected chi connectivity index (χ3v) is 3.64. The number of hydrogen-bond acceptors (Lipinski definition) is 3. The number of methoxy groups -OCH3 is 1. The standard InChI is InChI=1S/C14H22N2O/c1-14(2,17-3)7-9-16-8-6-11-4-5-12(15)10-13(11)16/h4-5,10H,6-9,15H2,1-3H3. The van der Waals surface area contributed by atoms with E-state index in [1.807, 2.05) is 6.07 Å². The molecule has 0 bridgehead atoms. The normalized spacial score (nSPS) is 15.1. The number of rotatable bonds is 4. The number of nitrogens with two attached hydrogens (primary N) is 1. The van der Waals surface area contributed by atoms with Crippen LogP contribution in [0, 0.1) is 0 Å². The number of benzene rings is 1. The lowest BCUT2D eigenvalue weighted by atomic mass is 10.1. The molecular formula is C14H22N2O. The molecule has 0 amide bonds. The van der Waals surface area contributed by atoms with E-state index >= 15 is 0 Å². The minimum atomic E-state index is -0.0525. The highest BCUT2D eigenvalue weighted by atomic mass is 16.5. The predicted octanol–water partition coefficient (Wildman–Crippen LogP) is 2.45. The zero-order valence-electron chi connectivity index (χ0n) is 11.0. The average molecular weight is 234 g/mol. The zero-order chi connectivity index (χ0) is 12.5. The van der Waals surface area contributed by atoms with Crippen molar-refractivity contribution in [1.82, 2.24) is 0 Å². The van der Waals surface area contributed by atoms with E-state index in [2.05, 4.69) is 30.9 Å². The summed E-state index contributed by atoms with van der Waals surface area (Å²) in [5, 5.41) is 0. The van der Waals surface area contributed by atoms with Crippen LogP contribution in [0.4, 0.5) is 11.4 Å². The molecule has 3 nitrogen and oxygen atoms in total. The van der Waals surface area contributed by atoms with Gasteiger partial charge in [0.05, 0.1) is 5.60 Å². The van der Waals surface area contributed by atoms with Crippen molar-refractivity contribution in [3.05, 3.63) is 23.8 Å². The van der Waals surface area contributed by atoms with Crippen LogP contribution in [0.5, 0.6) is 0 Å². The van der Waals surface area contributed by atoms with Crippen molar-refractivity contribution in [3.63, 3.8) is 0 Å². The summed E-state index contributed by atoms with van der Waals surface area (Å²) in [5.74, 6) is 0. The number of ether oxygens (including phenoxy) is 1. The molecule has 3 heteroatoms. The number of fused-ring (bicyclic) bond motifs is 1. The maximum absolute atomic E-state index is 5.85. The molecule has 0 saturated carbocycles. The van der Waals surface area contributed by atoms with Crippen molar-refractivity contribution in [2.24, 2.45) is 0 Å². The first-order valence-electron chi connectivity index (χ1n) is 6.20. The molecule has 1 aromatic rings. The molecule has 0 atom stereocenters. The van der Waals surface area contributed by atoms with E-state index in [1.165, 1.54) is 11.3 Å². The van der Waals surface area contributed by atoms with Crippen LogP contribution >= 0.6 is 0 Å². The van der Waals surface area contributed by atoms with Crippen LogP contribution in [0.15, 0.2) is 18.2 Å². The molecule has 0 radical (unpaired) electrons. The molecule has 0 aromatic heterocycles. The minimum absolute atomic E-state index is 0.0525. The molecule has 2 rings (SSSR count). The quantitative estimate of drug-likeness (QED) is 0.813. The molecule has 0 fully saturated rings. The summed E-state index contributed by atoms with van der Waals surface area (Å²) in [7, 11) is 1.77. The molecule has 17 heavy (non-hydrogen) atoms. The molecule has 94 valence electrons. The summed E-state index contributed by atoms with van der Waals surface area (Å²) >= 11 is 0. The van der Waals surface area contributed by atoms with Crippen molar-refractivity contribution < 1.29 is 4.74 Å². The Morgan fingerprint density at radius 2 is 2.18 bits per heavy atom. The largest absolute Gasteiger partial charge is 0.399 e. The highest BCUT2D eigenvalue weighted by molar-refractivity contribution is 5.64. The molecule has 1 aliphatic heterocycles. The lowest BCUT2D eigenvalue weighted by Gasteiger charge is -2.27. The third-order valence-electron chi connectivity index (χ3n) is 3.64. The first kappa shape index (κ1) is 12.2. The van der Waals surface area contributed by atoms with Gasteiger partial charge in [-0.05, 0) is 44.4 Å². The Bertz CT molecular complexity index is 401. The van der Waals surface area contributed by atoms with Crippen LogP contribution in [-0.4, -0.2) is 25.8 Å². The van der Waals surface area contributed by atoms with Crippen molar-refractivity contribution >= 4 is 11.4 Å². The van der Waals surface area contributed by atoms with Crippen LogP contribution in [0.1, 0.15) is 25.8 Å². The first-order valence-corrected chi connectivity index (χ1v) is 6.20. The van der Waals surface area contributed by atoms with Gasteiger partial charge in [-0.25, -0.2) is 0 Å². The fourth-order valence-electron chi connectivity index (χ4n) is 2.20. The SMILES string of the molecule is COC(C)(C)CCN1CCc2ccc(N)cc21. The lowest BCUT2D eigenvalue weighted by Crippen LogP contribution is -2.31. The first-order chi connectivity index (χ1) is 8.02. The molecular weight excluding hydrogens is 212 g/mol. The summed E-state index contributed by atoms with van der Waals surface area (Å²) in [6.45, 7) is 6.38. The fourth-order valence-corrected chi connectivity index (χ4v) is 2.20. The highest BCUT2D eigenvalue weighted by Gasteiger charge is 2.22. The lowest BCUT2D eigenvalue weighted by molar-refractivity contribution is 0.0173. The summed E-state index contributed by atoms with van der Waals surface area (Å²) in [6, 6.07) is 6.22. The Hall–Kier alpha value is -1.22. The van der Waals surface area contributed by atoms with Crippen molar-refractivity contribution in [3.8, 4) is 0 Å². The smallest absolute Gasteiger partial charge is 0.0639 e. The second-order valence-electron chi connectivity index (χ2n) is 5.34. The van der Waals surface area contributed by atoms with E-state index in [4.69, 9.17) is 10.5 Å². The Morgan fingerprint density at radius 3 is 2.88 bits per heavy atom. The third kappa shape index (κ3) is 2.72. The van der Waals surface area contributed by atoms with Gasteiger partial charge in [0.15, 0.2) is 0 Å². The van der Waals surface area contributed by atoms with E-state index in [1.54, 1.807) is 7.11 Å². The number of hydrogen-bond donors (Lipinski definition) is 1. The maximum atomic E-state index is 5.85. The van der Waals surface area contributed by atoms with Gasteiger partial charge in [0, 0.05) is 31.6 Å². The molecule has 0 spiro atoms. The van der Waals surface area contributed by atoms with E-state index in [9.17, 15) is 0 Å². The van der Waals surface area contributed by atoms with Crippen LogP contribution in [0.25, 0.3) is 0 Å². The van der Waals surface area contributed by atoms with Gasteiger partial charge in [-0.3, -0.25) is 0 Å². The van der Waals surface area contributed by atoms with Crippen molar-refractivity contribution in [2.75, 3.05) is 30.8 Å². The van der Waals surface area contributed by atoms with Gasteiger partial charge in [-0.2, -0.15) is 0 Å². The minimum Gasteiger partial charge on any atom is -0.399 e. The van der Waals surface area contributed by atoms with Crippen LogP contribution < -0.4 is 10.6 Å². The second kappa shape index (κ2) is 4.57. The van der Waals surface area contributed by atoms with E-state index in [0.29, 0.717) is 0 Å². The Kier molecular flexibility index (Phi) is 3.29. The summed E-state index contributed by atoms with van der Waals surface area (Å²) in [4.78, 5) is 2.41. The summed E-state index contributed by atoms with van der Waals surface area (Å²) < 4.78 is 5.46. The molecule has 2 N–H and O–H groups in total. The maximum Gasteiger partial charge on any atom is 0.0639 e. The van der Waals surface area contributed by atoms with Gasteiger partial charge in [0.1, 0.15) is 0 Å². The molecule has 0 unspecified atom stereocenters. The number of nitrogens with zero attached hydrogens (tertiary/aromatic N) is 1. The predicted molar refractivity (Wildman–Crippen MR) is 72.5 cm³/mol. The van der Waals surface area contributed by atoms with E-state index < -0.39 is 0 Å². The topological polar surface area (TPSA) is 38.5 Å². The highest BCUT2D eigenvalue weighted by Crippen LogP contribution is 2.30. The molecule has 0 saturated heterocycles. The molecule has 1 heterocycles. The van der Waals surface area contributed by atoms with Gasteiger partial charge in [0.25, 0.3) is 0 Å². The summed E-state index contributed by atoms with van der Waals surface area (Å²) in [6.07, 6.45) is 2.15. The van der Waals surface area contributed by atoms with E-state index in [-0.39, 0.29) is 5.60 Å². The van der Waals surface area contributed by atoms with Crippen molar-refractivity contribution in [1.29, 1.82) is 0 Å². The fraction of sp³-hybridized carbons (Fsp3) is 0.571. The van der Waals surface area contributed by atoms with Crippen LogP contribution in [0.2, 0.25) is 0 Å². The van der Waals surface area contributed by atoms with E-state index in [0.717, 1.165) is 31.6 Å². The Balaban J connectivity index is 2.04. The summed E-state index contributed by atoms with van der Waals surface area (Å²) in [5.41, 5.74) is 9.36. The molecule has 0 aliphatic carbocycles. The van der Waals surface area contributed by atoms with Gasteiger partial charge >= 0.3 is 0 Å². The monoisotopic (exact) mass is 234 g/mol. The average Bonchev–Trinajstić information content (AvgIpc) is 2.69. The van der Waals surface area contributed by atoms with Crippen molar-refractivity contribution in [2.45, 2.75) is 32.3 Å². The second-order valence-corrected chi connectivity index (χ2v) is 5.34.